The summed E-state index contributed by atoms with van der Waals surface area (Å²) < 4.78 is 2.37. The maximum Gasteiger partial charge on any atom is 0.164 e. The third kappa shape index (κ3) is 3.88. The molecule has 0 radical (unpaired) electrons. The molecule has 10 rings (SSSR count). The van der Waals surface area contributed by atoms with Crippen molar-refractivity contribution in [3.63, 3.8) is 0 Å². The van der Waals surface area contributed by atoms with Gasteiger partial charge in [0.2, 0.25) is 0 Å². The second kappa shape index (κ2) is 9.97. The van der Waals surface area contributed by atoms with Gasteiger partial charge in [0.15, 0.2) is 5.82 Å². The van der Waals surface area contributed by atoms with Gasteiger partial charge in [-0.15, -0.1) is 0 Å². The van der Waals surface area contributed by atoms with Crippen LogP contribution < -0.4 is 0 Å². The number of hydrogen-bond donors (Lipinski definition) is 0. The summed E-state index contributed by atoms with van der Waals surface area (Å²) in [6.07, 6.45) is 0. The number of rotatable bonds is 3. The van der Waals surface area contributed by atoms with Gasteiger partial charge >= 0.3 is 0 Å². The lowest BCUT2D eigenvalue weighted by atomic mass is 9.85. The van der Waals surface area contributed by atoms with Gasteiger partial charge in [-0.05, 0) is 62.5 Å². The first kappa shape index (κ1) is 27.1. The summed E-state index contributed by atoms with van der Waals surface area (Å²) in [6.45, 7) is 4.55. The average Bonchev–Trinajstić information content (AvgIpc) is 3.56. The number of hydrogen-bond acceptors (Lipinski definition) is 2. The van der Waals surface area contributed by atoms with Gasteiger partial charge in [0.1, 0.15) is 5.69 Å². The fourth-order valence-electron chi connectivity index (χ4n) is 7.83. The molecule has 0 bridgehead atoms. The molecule has 3 heteroatoms. The van der Waals surface area contributed by atoms with Crippen molar-refractivity contribution < 1.29 is 0 Å². The molecule has 0 N–H and O–H groups in total. The smallest absolute Gasteiger partial charge is 0.164 e. The molecular weight excluding hydrogens is 583 g/mol. The zero-order valence-corrected chi connectivity index (χ0v) is 26.8. The Labute approximate surface area is 278 Å². The Bertz CT molecular complexity index is 2640. The molecule has 2 heterocycles. The van der Waals surface area contributed by atoms with Crippen LogP contribution in [0.1, 0.15) is 25.1 Å². The van der Waals surface area contributed by atoms with E-state index in [0.717, 1.165) is 45.1 Å². The van der Waals surface area contributed by atoms with Crippen LogP contribution in [0.4, 0.5) is 0 Å². The van der Waals surface area contributed by atoms with Crippen LogP contribution in [-0.4, -0.2) is 14.5 Å². The second-order valence-electron chi connectivity index (χ2n) is 13.5. The fraction of sp³-hybridized carbons (Fsp3) is 0.0667. The quantitative estimate of drug-likeness (QED) is 0.198. The largest absolute Gasteiger partial charge is 0.292 e. The first-order chi connectivity index (χ1) is 23.5. The summed E-state index contributed by atoms with van der Waals surface area (Å²) in [7, 11) is 0. The number of nitrogens with zero attached hydrogens (tertiary/aromatic N) is 3. The van der Waals surface area contributed by atoms with Gasteiger partial charge in [-0.3, -0.25) is 4.57 Å². The van der Waals surface area contributed by atoms with E-state index in [9.17, 15) is 0 Å². The lowest BCUT2D eigenvalue weighted by Gasteiger charge is -2.22. The summed E-state index contributed by atoms with van der Waals surface area (Å²) >= 11 is 0. The van der Waals surface area contributed by atoms with Gasteiger partial charge in [-0.2, -0.15) is 0 Å². The number of fused-ring (bicyclic) bond motifs is 8. The first-order valence-corrected chi connectivity index (χ1v) is 16.6. The molecule has 9 aromatic rings. The molecule has 0 saturated heterocycles. The predicted octanol–water partition coefficient (Wildman–Crippen LogP) is 11.5. The summed E-state index contributed by atoms with van der Waals surface area (Å²) in [6, 6.07) is 54.6. The minimum Gasteiger partial charge on any atom is -0.292 e. The van der Waals surface area contributed by atoms with Gasteiger partial charge in [0.05, 0.1) is 22.4 Å². The van der Waals surface area contributed by atoms with Crippen LogP contribution in [0.3, 0.4) is 0 Å². The highest BCUT2D eigenvalue weighted by atomic mass is 15.1. The Morgan fingerprint density at radius 2 is 0.958 bits per heavy atom. The number of benzene rings is 7. The summed E-state index contributed by atoms with van der Waals surface area (Å²) in [5, 5.41) is 7.29. The molecule has 1 aliphatic rings. The molecule has 0 saturated carbocycles. The molecule has 1 aliphatic carbocycles. The highest BCUT2D eigenvalue weighted by Crippen LogP contribution is 2.49. The van der Waals surface area contributed by atoms with E-state index in [1.807, 2.05) is 0 Å². The highest BCUT2D eigenvalue weighted by Gasteiger charge is 2.39. The SMILES string of the molecule is CC1(C)c2ccccc2-c2nc(-c3ccc(-c4ccccc4)cc3)c(-n3c4cc5ccccc5cc4c4cc5ccccc5cc43)nc21. The zero-order chi connectivity index (χ0) is 32.0. The van der Waals surface area contributed by atoms with Crippen molar-refractivity contribution in [1.29, 1.82) is 0 Å². The van der Waals surface area contributed by atoms with Crippen molar-refractivity contribution in [1.82, 2.24) is 14.5 Å². The lowest BCUT2D eigenvalue weighted by molar-refractivity contribution is 0.633. The van der Waals surface area contributed by atoms with E-state index in [1.54, 1.807) is 0 Å². The van der Waals surface area contributed by atoms with E-state index in [4.69, 9.17) is 9.97 Å². The van der Waals surface area contributed by atoms with E-state index >= 15 is 0 Å². The Morgan fingerprint density at radius 1 is 0.458 bits per heavy atom. The van der Waals surface area contributed by atoms with Gasteiger partial charge in [-0.1, -0.05) is 141 Å². The fourth-order valence-corrected chi connectivity index (χ4v) is 7.83. The van der Waals surface area contributed by atoms with E-state index in [0.29, 0.717) is 0 Å². The van der Waals surface area contributed by atoms with Crippen LogP contribution in [0, 0.1) is 0 Å². The maximum absolute atomic E-state index is 5.68. The van der Waals surface area contributed by atoms with E-state index in [2.05, 4.69) is 170 Å². The van der Waals surface area contributed by atoms with Crippen molar-refractivity contribution in [3.8, 4) is 39.5 Å². The van der Waals surface area contributed by atoms with Crippen LogP contribution in [0.2, 0.25) is 0 Å². The molecule has 48 heavy (non-hydrogen) atoms. The monoisotopic (exact) mass is 613 g/mol. The van der Waals surface area contributed by atoms with Crippen LogP contribution in [0.5, 0.6) is 0 Å². The van der Waals surface area contributed by atoms with Gasteiger partial charge in [0.25, 0.3) is 0 Å². The van der Waals surface area contributed by atoms with Crippen LogP contribution in [0.15, 0.2) is 152 Å². The standard InChI is InChI=1S/C45H31N3/c1-45(2)38-19-11-10-18-35(38)42-43(45)47-44(41(46-42)30-22-20-29(21-23-30)28-12-4-3-5-13-28)48-39-26-33-16-8-6-14-31(33)24-36(39)37-25-32-15-7-9-17-34(32)27-40(37)48/h3-27H,1-2H3. The molecule has 0 aliphatic heterocycles. The normalized spacial score (nSPS) is 13.4. The Kier molecular flexibility index (Phi) is 5.63. The summed E-state index contributed by atoms with van der Waals surface area (Å²) in [5.41, 5.74) is 10.7. The predicted molar refractivity (Wildman–Crippen MR) is 200 cm³/mol. The molecule has 0 unspecified atom stereocenters. The molecule has 0 atom stereocenters. The van der Waals surface area contributed by atoms with Gasteiger partial charge < -0.3 is 0 Å². The maximum atomic E-state index is 5.68. The summed E-state index contributed by atoms with van der Waals surface area (Å²) in [5.74, 6) is 0.854. The topological polar surface area (TPSA) is 30.7 Å². The third-order valence-corrected chi connectivity index (χ3v) is 10.3. The molecule has 3 nitrogen and oxygen atoms in total. The Morgan fingerprint density at radius 3 is 1.58 bits per heavy atom. The average molecular weight is 614 g/mol. The van der Waals surface area contributed by atoms with Crippen molar-refractivity contribution in [3.05, 3.63) is 163 Å². The summed E-state index contributed by atoms with van der Waals surface area (Å²) in [4.78, 5) is 11.3. The van der Waals surface area contributed by atoms with Gasteiger partial charge in [-0.25, -0.2) is 9.97 Å². The first-order valence-electron chi connectivity index (χ1n) is 16.6. The molecule has 0 fully saturated rings. The molecule has 0 spiro atoms. The highest BCUT2D eigenvalue weighted by molar-refractivity contribution is 6.17. The Balaban J connectivity index is 1.33. The van der Waals surface area contributed by atoms with E-state index < -0.39 is 0 Å². The minimum absolute atomic E-state index is 0.290. The van der Waals surface area contributed by atoms with Crippen molar-refractivity contribution >= 4 is 43.4 Å². The molecule has 7 aromatic carbocycles. The molecule has 226 valence electrons. The lowest BCUT2D eigenvalue weighted by Crippen LogP contribution is -2.18. The number of aromatic nitrogens is 3. The van der Waals surface area contributed by atoms with Crippen LogP contribution in [-0.2, 0) is 5.41 Å². The second-order valence-corrected chi connectivity index (χ2v) is 13.5. The van der Waals surface area contributed by atoms with Gasteiger partial charge in [0, 0.05) is 27.3 Å². The molecular formula is C45H31N3. The van der Waals surface area contributed by atoms with Crippen LogP contribution >= 0.6 is 0 Å². The third-order valence-electron chi connectivity index (χ3n) is 10.3. The minimum atomic E-state index is -0.290. The molecule has 2 aromatic heterocycles. The van der Waals surface area contributed by atoms with Crippen molar-refractivity contribution in [2.45, 2.75) is 19.3 Å². The van der Waals surface area contributed by atoms with E-state index in [1.165, 1.54) is 49.0 Å². The van der Waals surface area contributed by atoms with Crippen molar-refractivity contribution in [2.24, 2.45) is 0 Å². The Hall–Kier alpha value is -6.06. The van der Waals surface area contributed by atoms with Crippen LogP contribution in [0.25, 0.3) is 82.8 Å². The van der Waals surface area contributed by atoms with E-state index in [-0.39, 0.29) is 5.41 Å². The molecule has 0 amide bonds. The zero-order valence-electron chi connectivity index (χ0n) is 26.8. The van der Waals surface area contributed by atoms with Crippen molar-refractivity contribution in [2.75, 3.05) is 0 Å².